The summed E-state index contributed by atoms with van der Waals surface area (Å²) < 4.78 is 0. The zero-order valence-corrected chi connectivity index (χ0v) is 12.1. The van der Waals surface area contributed by atoms with E-state index in [4.69, 9.17) is 0 Å². The highest BCUT2D eigenvalue weighted by molar-refractivity contribution is 5.95. The number of ketones is 2. The monoisotopic (exact) mass is 238 g/mol. The third-order valence-electron chi connectivity index (χ3n) is 3.13. The molecule has 0 aromatic heterocycles. The minimum absolute atomic E-state index is 0.0912. The molecule has 0 bridgehead atoms. The van der Waals surface area contributed by atoms with Crippen molar-refractivity contribution in [1.29, 1.82) is 0 Å². The van der Waals surface area contributed by atoms with Crippen LogP contribution in [-0.4, -0.2) is 11.6 Å². The van der Waals surface area contributed by atoms with Crippen molar-refractivity contribution in [2.45, 2.75) is 60.8 Å². The van der Waals surface area contributed by atoms with E-state index < -0.39 is 0 Å². The average molecular weight is 238 g/mol. The molecule has 0 aromatic carbocycles. The molecule has 1 unspecified atom stereocenters. The maximum atomic E-state index is 11.9. The number of hydrogen-bond donors (Lipinski definition) is 0. The maximum absolute atomic E-state index is 11.9. The van der Waals surface area contributed by atoms with E-state index in [0.717, 1.165) is 24.0 Å². The Morgan fingerprint density at radius 1 is 1.06 bits per heavy atom. The van der Waals surface area contributed by atoms with Crippen LogP contribution >= 0.6 is 0 Å². The van der Waals surface area contributed by atoms with E-state index in [0.29, 0.717) is 6.42 Å². The normalized spacial score (nSPS) is 14.5. The number of rotatable bonds is 7. The van der Waals surface area contributed by atoms with Gasteiger partial charge in [0.15, 0.2) is 5.78 Å². The van der Waals surface area contributed by atoms with Gasteiger partial charge in [-0.3, -0.25) is 9.59 Å². The van der Waals surface area contributed by atoms with Crippen LogP contribution in [-0.2, 0) is 9.59 Å². The summed E-state index contributed by atoms with van der Waals surface area (Å²) in [5.41, 5.74) is 1.77. The third kappa shape index (κ3) is 5.29. The maximum Gasteiger partial charge on any atom is 0.156 e. The van der Waals surface area contributed by atoms with Crippen LogP contribution in [0.25, 0.3) is 0 Å². The standard InChI is InChI=1S/C15H26O2/c1-7-8-11(4)14(17)9-12(5)15(10(2)3)13(6)16/h10-11H,7-9H2,1-6H3/b15-12+. The lowest BCUT2D eigenvalue weighted by molar-refractivity contribution is -0.121. The molecular formula is C15H26O2. The molecule has 0 spiro atoms. The quantitative estimate of drug-likeness (QED) is 0.629. The van der Waals surface area contributed by atoms with Crippen LogP contribution in [0.3, 0.4) is 0 Å². The number of Topliss-reactive ketones (excluding diaryl/α,β-unsaturated/α-hetero) is 2. The Morgan fingerprint density at radius 3 is 1.94 bits per heavy atom. The molecule has 0 heterocycles. The lowest BCUT2D eigenvalue weighted by Gasteiger charge is -2.14. The summed E-state index contributed by atoms with van der Waals surface area (Å²) in [4.78, 5) is 23.5. The van der Waals surface area contributed by atoms with Gasteiger partial charge in [0, 0.05) is 12.3 Å². The Kier molecular flexibility index (Phi) is 7.01. The molecule has 1 atom stereocenters. The van der Waals surface area contributed by atoms with Gasteiger partial charge >= 0.3 is 0 Å². The van der Waals surface area contributed by atoms with E-state index in [9.17, 15) is 9.59 Å². The van der Waals surface area contributed by atoms with E-state index >= 15 is 0 Å². The second-order valence-electron chi connectivity index (χ2n) is 5.24. The van der Waals surface area contributed by atoms with Crippen molar-refractivity contribution in [3.8, 4) is 0 Å². The smallest absolute Gasteiger partial charge is 0.156 e. The molecule has 0 aliphatic rings. The molecule has 98 valence electrons. The highest BCUT2D eigenvalue weighted by Crippen LogP contribution is 2.21. The van der Waals surface area contributed by atoms with Gasteiger partial charge in [0.1, 0.15) is 5.78 Å². The molecule has 17 heavy (non-hydrogen) atoms. The van der Waals surface area contributed by atoms with E-state index in [-0.39, 0.29) is 23.4 Å². The zero-order valence-electron chi connectivity index (χ0n) is 12.1. The lowest BCUT2D eigenvalue weighted by atomic mass is 9.89. The summed E-state index contributed by atoms with van der Waals surface area (Å²) in [7, 11) is 0. The van der Waals surface area contributed by atoms with Crippen LogP contribution in [0.4, 0.5) is 0 Å². The third-order valence-corrected chi connectivity index (χ3v) is 3.13. The predicted molar refractivity (Wildman–Crippen MR) is 71.9 cm³/mol. The van der Waals surface area contributed by atoms with Gasteiger partial charge in [-0.2, -0.15) is 0 Å². The first kappa shape index (κ1) is 16.1. The fraction of sp³-hybridized carbons (Fsp3) is 0.733. The summed E-state index contributed by atoms with van der Waals surface area (Å²) in [5, 5.41) is 0. The van der Waals surface area contributed by atoms with Crippen LogP contribution in [0, 0.1) is 11.8 Å². The highest BCUT2D eigenvalue weighted by Gasteiger charge is 2.17. The Hall–Kier alpha value is -0.920. The van der Waals surface area contributed by atoms with E-state index in [1.807, 2.05) is 27.7 Å². The van der Waals surface area contributed by atoms with Crippen LogP contribution < -0.4 is 0 Å². The molecule has 0 aliphatic heterocycles. The molecule has 2 nitrogen and oxygen atoms in total. The molecule has 0 saturated carbocycles. The van der Waals surface area contributed by atoms with E-state index in [1.54, 1.807) is 6.92 Å². The van der Waals surface area contributed by atoms with Gasteiger partial charge in [0.05, 0.1) is 0 Å². The van der Waals surface area contributed by atoms with Crippen molar-refractivity contribution in [1.82, 2.24) is 0 Å². The van der Waals surface area contributed by atoms with Gasteiger partial charge < -0.3 is 0 Å². The summed E-state index contributed by atoms with van der Waals surface area (Å²) in [6.07, 6.45) is 2.39. The first-order chi connectivity index (χ1) is 7.81. The Bertz CT molecular complexity index is 311. The van der Waals surface area contributed by atoms with E-state index in [2.05, 4.69) is 6.92 Å². The lowest BCUT2D eigenvalue weighted by Crippen LogP contribution is -2.14. The van der Waals surface area contributed by atoms with Crippen molar-refractivity contribution in [2.24, 2.45) is 11.8 Å². The summed E-state index contributed by atoms with van der Waals surface area (Å²) in [6, 6.07) is 0. The van der Waals surface area contributed by atoms with Gasteiger partial charge in [-0.15, -0.1) is 0 Å². The first-order valence-electron chi connectivity index (χ1n) is 6.54. The molecule has 0 radical (unpaired) electrons. The minimum Gasteiger partial charge on any atom is -0.299 e. The Labute approximate surface area is 105 Å². The molecule has 0 N–H and O–H groups in total. The van der Waals surface area contributed by atoms with Gasteiger partial charge in [-0.25, -0.2) is 0 Å². The SMILES string of the molecule is CCCC(C)C(=O)C/C(C)=C(/C(C)=O)C(C)C. The fourth-order valence-corrected chi connectivity index (χ4v) is 2.32. The molecule has 2 heteroatoms. The van der Waals surface area contributed by atoms with Crippen LogP contribution in [0.15, 0.2) is 11.1 Å². The Balaban J connectivity index is 4.80. The average Bonchev–Trinajstić information content (AvgIpc) is 2.16. The second-order valence-corrected chi connectivity index (χ2v) is 5.24. The molecule has 0 saturated heterocycles. The van der Waals surface area contributed by atoms with Crippen molar-refractivity contribution >= 4 is 11.6 Å². The molecule has 0 amide bonds. The first-order valence-corrected chi connectivity index (χ1v) is 6.54. The minimum atomic E-state index is 0.0912. The topological polar surface area (TPSA) is 34.1 Å². The molecule has 0 fully saturated rings. The fourth-order valence-electron chi connectivity index (χ4n) is 2.32. The zero-order chi connectivity index (χ0) is 13.6. The van der Waals surface area contributed by atoms with Crippen LogP contribution in [0.2, 0.25) is 0 Å². The van der Waals surface area contributed by atoms with Crippen molar-refractivity contribution in [3.63, 3.8) is 0 Å². The number of carbonyl (C=O) groups excluding carboxylic acids is 2. The van der Waals surface area contributed by atoms with Crippen molar-refractivity contribution in [2.75, 3.05) is 0 Å². The van der Waals surface area contributed by atoms with E-state index in [1.165, 1.54) is 0 Å². The van der Waals surface area contributed by atoms with Gasteiger partial charge in [0.2, 0.25) is 0 Å². The van der Waals surface area contributed by atoms with Gasteiger partial charge in [-0.05, 0) is 31.8 Å². The summed E-state index contributed by atoms with van der Waals surface area (Å²) in [6.45, 7) is 11.6. The summed E-state index contributed by atoms with van der Waals surface area (Å²) in [5.74, 6) is 0.647. The predicted octanol–water partition coefficient (Wildman–Crippen LogP) is 3.94. The van der Waals surface area contributed by atoms with Crippen molar-refractivity contribution in [3.05, 3.63) is 11.1 Å². The number of carbonyl (C=O) groups is 2. The molecule has 0 rings (SSSR count). The number of allylic oxidation sites excluding steroid dienone is 2. The molecule has 0 aromatic rings. The molecule has 0 aliphatic carbocycles. The highest BCUT2D eigenvalue weighted by atomic mass is 16.1. The van der Waals surface area contributed by atoms with Gasteiger partial charge in [0.25, 0.3) is 0 Å². The molecular weight excluding hydrogens is 212 g/mol. The largest absolute Gasteiger partial charge is 0.299 e. The Morgan fingerprint density at radius 2 is 1.59 bits per heavy atom. The van der Waals surface area contributed by atoms with Crippen LogP contribution in [0.5, 0.6) is 0 Å². The van der Waals surface area contributed by atoms with Crippen molar-refractivity contribution < 1.29 is 9.59 Å². The summed E-state index contributed by atoms with van der Waals surface area (Å²) >= 11 is 0. The van der Waals surface area contributed by atoms with Crippen LogP contribution in [0.1, 0.15) is 60.8 Å². The number of hydrogen-bond acceptors (Lipinski definition) is 2. The second kappa shape index (κ2) is 7.41. The van der Waals surface area contributed by atoms with Gasteiger partial charge in [-0.1, -0.05) is 39.7 Å².